The summed E-state index contributed by atoms with van der Waals surface area (Å²) in [4.78, 5) is 0. The third kappa shape index (κ3) is 2.85. The molecule has 3 heteroatoms. The van der Waals surface area contributed by atoms with Crippen molar-refractivity contribution in [3.05, 3.63) is 65.4 Å². The molecule has 1 heterocycles. The number of nitrogens with two attached hydrogens (primary N) is 1. The minimum Gasteiger partial charge on any atom is -0.489 e. The lowest BCUT2D eigenvalue weighted by Gasteiger charge is -2.06. The average Bonchev–Trinajstić information content (AvgIpc) is 2.90. The monoisotopic (exact) mass is 294 g/mol. The number of hydrogen-bond acceptors (Lipinski definition) is 2. The van der Waals surface area contributed by atoms with Gasteiger partial charge in [0.15, 0.2) is 0 Å². The van der Waals surface area contributed by atoms with E-state index in [1.54, 1.807) is 0 Å². The van der Waals surface area contributed by atoms with E-state index < -0.39 is 0 Å². The molecule has 0 saturated carbocycles. The molecule has 114 valence electrons. The van der Waals surface area contributed by atoms with E-state index in [2.05, 4.69) is 54.9 Å². The number of nitrogens with zero attached hydrogens (tertiary/aromatic N) is 1. The Bertz CT molecular complexity index is 789. The van der Waals surface area contributed by atoms with E-state index in [0.717, 1.165) is 17.9 Å². The number of rotatable bonds is 5. The standard InChI is InChI=1S/C19H22N2O/c1-3-21-12-16(13-22-17-6-4-5-14(2)9-17)18-8-7-15(11-20)10-19(18)21/h4-10,12H,3,11,13,20H2,1-2H3. The molecule has 0 aliphatic rings. The first-order valence-electron chi connectivity index (χ1n) is 7.71. The number of hydrogen-bond donors (Lipinski definition) is 1. The van der Waals surface area contributed by atoms with E-state index in [1.807, 2.05) is 12.1 Å². The molecule has 3 aromatic rings. The zero-order valence-electron chi connectivity index (χ0n) is 13.2. The highest BCUT2D eigenvalue weighted by molar-refractivity contribution is 5.84. The summed E-state index contributed by atoms with van der Waals surface area (Å²) < 4.78 is 8.21. The van der Waals surface area contributed by atoms with E-state index in [9.17, 15) is 0 Å². The van der Waals surface area contributed by atoms with Crippen LogP contribution in [0.15, 0.2) is 48.7 Å². The van der Waals surface area contributed by atoms with E-state index in [-0.39, 0.29) is 0 Å². The Hall–Kier alpha value is -2.26. The first kappa shape index (κ1) is 14.7. The van der Waals surface area contributed by atoms with Crippen LogP contribution in [0.4, 0.5) is 0 Å². The zero-order chi connectivity index (χ0) is 15.5. The topological polar surface area (TPSA) is 40.2 Å². The molecule has 0 saturated heterocycles. The minimum absolute atomic E-state index is 0.569. The second-order valence-electron chi connectivity index (χ2n) is 5.60. The van der Waals surface area contributed by atoms with Crippen molar-refractivity contribution in [3.8, 4) is 5.75 Å². The average molecular weight is 294 g/mol. The van der Waals surface area contributed by atoms with Crippen LogP contribution in [0.5, 0.6) is 5.75 Å². The van der Waals surface area contributed by atoms with Gasteiger partial charge >= 0.3 is 0 Å². The van der Waals surface area contributed by atoms with Crippen LogP contribution >= 0.6 is 0 Å². The van der Waals surface area contributed by atoms with Gasteiger partial charge < -0.3 is 15.0 Å². The first-order valence-corrected chi connectivity index (χ1v) is 7.71. The highest BCUT2D eigenvalue weighted by Crippen LogP contribution is 2.24. The zero-order valence-corrected chi connectivity index (χ0v) is 13.2. The molecule has 0 bridgehead atoms. The molecule has 0 aliphatic carbocycles. The molecule has 0 fully saturated rings. The predicted octanol–water partition coefficient (Wildman–Crippen LogP) is 4.01. The number of aromatic nitrogens is 1. The van der Waals surface area contributed by atoms with Crippen LogP contribution in [0.25, 0.3) is 10.9 Å². The SMILES string of the molecule is CCn1cc(COc2cccc(C)c2)c2ccc(CN)cc21. The van der Waals surface area contributed by atoms with Crippen molar-refractivity contribution in [2.75, 3.05) is 0 Å². The second-order valence-corrected chi connectivity index (χ2v) is 5.60. The van der Waals surface area contributed by atoms with Gasteiger partial charge in [-0.1, -0.05) is 24.3 Å². The maximum absolute atomic E-state index is 5.96. The lowest BCUT2D eigenvalue weighted by atomic mass is 10.1. The first-order chi connectivity index (χ1) is 10.7. The van der Waals surface area contributed by atoms with Crippen LogP contribution in [0.1, 0.15) is 23.6 Å². The van der Waals surface area contributed by atoms with Crippen molar-refractivity contribution >= 4 is 10.9 Å². The molecule has 0 spiro atoms. The molecule has 2 N–H and O–H groups in total. The fraction of sp³-hybridized carbons (Fsp3) is 0.263. The van der Waals surface area contributed by atoms with Crippen molar-refractivity contribution < 1.29 is 4.74 Å². The van der Waals surface area contributed by atoms with Crippen LogP contribution in [-0.4, -0.2) is 4.57 Å². The summed E-state index contributed by atoms with van der Waals surface area (Å²) in [5.41, 5.74) is 10.6. The normalized spacial score (nSPS) is 11.0. The van der Waals surface area contributed by atoms with Gasteiger partial charge in [0.05, 0.1) is 0 Å². The largest absolute Gasteiger partial charge is 0.489 e. The molecule has 3 nitrogen and oxygen atoms in total. The van der Waals surface area contributed by atoms with Gasteiger partial charge in [0.1, 0.15) is 12.4 Å². The maximum Gasteiger partial charge on any atom is 0.120 e. The summed E-state index contributed by atoms with van der Waals surface area (Å²) in [6.45, 7) is 6.31. The molecular formula is C19H22N2O. The molecule has 0 aliphatic heterocycles. The molecule has 0 radical (unpaired) electrons. The molecule has 2 aromatic carbocycles. The van der Waals surface area contributed by atoms with Gasteiger partial charge in [-0.15, -0.1) is 0 Å². The number of aryl methyl sites for hydroxylation is 2. The van der Waals surface area contributed by atoms with Crippen LogP contribution in [0.3, 0.4) is 0 Å². The van der Waals surface area contributed by atoms with Gasteiger partial charge in [0.25, 0.3) is 0 Å². The van der Waals surface area contributed by atoms with Crippen molar-refractivity contribution in [1.82, 2.24) is 4.57 Å². The minimum atomic E-state index is 0.569. The van der Waals surface area contributed by atoms with Gasteiger partial charge in [0, 0.05) is 35.8 Å². The molecule has 0 atom stereocenters. The molecular weight excluding hydrogens is 272 g/mol. The summed E-state index contributed by atoms with van der Waals surface area (Å²) >= 11 is 0. The Kier molecular flexibility index (Phi) is 4.16. The van der Waals surface area contributed by atoms with Crippen LogP contribution in [0, 0.1) is 6.92 Å². The van der Waals surface area contributed by atoms with Gasteiger partial charge in [0.2, 0.25) is 0 Å². The molecule has 0 amide bonds. The fourth-order valence-corrected chi connectivity index (χ4v) is 2.78. The predicted molar refractivity (Wildman–Crippen MR) is 91.0 cm³/mol. The summed E-state index contributed by atoms with van der Waals surface area (Å²) in [6, 6.07) is 14.6. The summed E-state index contributed by atoms with van der Waals surface area (Å²) in [5, 5.41) is 1.24. The van der Waals surface area contributed by atoms with Crippen LogP contribution < -0.4 is 10.5 Å². The van der Waals surface area contributed by atoms with Crippen LogP contribution in [0.2, 0.25) is 0 Å². The fourth-order valence-electron chi connectivity index (χ4n) is 2.78. The summed E-state index contributed by atoms with van der Waals surface area (Å²) in [6.07, 6.45) is 2.18. The van der Waals surface area contributed by atoms with Gasteiger partial charge in [-0.05, 0) is 43.2 Å². The Morgan fingerprint density at radius 1 is 1.14 bits per heavy atom. The number of ether oxygens (including phenoxy) is 1. The quantitative estimate of drug-likeness (QED) is 0.772. The van der Waals surface area contributed by atoms with Gasteiger partial charge in [-0.2, -0.15) is 0 Å². The highest BCUT2D eigenvalue weighted by Gasteiger charge is 2.09. The lowest BCUT2D eigenvalue weighted by molar-refractivity contribution is 0.307. The Morgan fingerprint density at radius 2 is 2.00 bits per heavy atom. The van der Waals surface area contributed by atoms with Crippen molar-refractivity contribution in [3.63, 3.8) is 0 Å². The smallest absolute Gasteiger partial charge is 0.120 e. The highest BCUT2D eigenvalue weighted by atomic mass is 16.5. The van der Waals surface area contributed by atoms with Crippen molar-refractivity contribution in [2.45, 2.75) is 33.5 Å². The third-order valence-corrected chi connectivity index (χ3v) is 3.99. The number of fused-ring (bicyclic) bond motifs is 1. The Labute approximate surface area is 131 Å². The van der Waals surface area contributed by atoms with Crippen molar-refractivity contribution in [2.24, 2.45) is 5.73 Å². The third-order valence-electron chi connectivity index (χ3n) is 3.99. The maximum atomic E-state index is 5.96. The molecule has 0 unspecified atom stereocenters. The van der Waals surface area contributed by atoms with Gasteiger partial charge in [-0.25, -0.2) is 0 Å². The van der Waals surface area contributed by atoms with Crippen LogP contribution in [-0.2, 0) is 19.7 Å². The molecule has 22 heavy (non-hydrogen) atoms. The van der Waals surface area contributed by atoms with E-state index >= 15 is 0 Å². The summed E-state index contributed by atoms with van der Waals surface area (Å²) in [7, 11) is 0. The lowest BCUT2D eigenvalue weighted by Crippen LogP contribution is -1.97. The summed E-state index contributed by atoms with van der Waals surface area (Å²) in [5.74, 6) is 0.913. The second kappa shape index (κ2) is 6.24. The molecule has 1 aromatic heterocycles. The van der Waals surface area contributed by atoms with E-state index in [0.29, 0.717) is 13.2 Å². The van der Waals surface area contributed by atoms with E-state index in [1.165, 1.54) is 22.0 Å². The molecule has 3 rings (SSSR count). The Balaban J connectivity index is 1.90. The van der Waals surface area contributed by atoms with Gasteiger partial charge in [-0.3, -0.25) is 0 Å². The van der Waals surface area contributed by atoms with E-state index in [4.69, 9.17) is 10.5 Å². The number of benzene rings is 2. The Morgan fingerprint density at radius 3 is 2.73 bits per heavy atom. The van der Waals surface area contributed by atoms with Crippen molar-refractivity contribution in [1.29, 1.82) is 0 Å².